The summed E-state index contributed by atoms with van der Waals surface area (Å²) < 4.78 is 29.7. The quantitative estimate of drug-likeness (QED) is 0.693. The largest absolute Gasteiger partial charge is 0.352 e. The Bertz CT molecular complexity index is 321. The number of amides is 1. The number of rotatable bonds is 5. The Morgan fingerprint density at radius 3 is 2.27 bits per heavy atom. The van der Waals surface area contributed by atoms with Crippen LogP contribution >= 0.6 is 0 Å². The molecule has 15 heavy (non-hydrogen) atoms. The molecule has 0 aromatic heterocycles. The van der Waals surface area contributed by atoms with E-state index in [1.807, 2.05) is 6.92 Å². The fourth-order valence-corrected chi connectivity index (χ4v) is 1.65. The molecule has 0 aromatic rings. The van der Waals surface area contributed by atoms with E-state index in [9.17, 15) is 13.2 Å². The van der Waals surface area contributed by atoms with Crippen molar-refractivity contribution in [1.82, 2.24) is 5.32 Å². The summed E-state index contributed by atoms with van der Waals surface area (Å²) in [7, 11) is -4.04. The van der Waals surface area contributed by atoms with Crippen LogP contribution in [-0.4, -0.2) is 30.7 Å². The standard InChI is InChI=1S/C9H19NO4S/c1-5-9(3,4)8(11)10-7(2)6-15(12,13)14/h7H,5-6H2,1-4H3,(H,10,11)(H,12,13,14). The number of carbonyl (C=O) groups is 1. The molecule has 6 heteroatoms. The number of hydrogen-bond acceptors (Lipinski definition) is 3. The minimum absolute atomic E-state index is 0.207. The van der Waals surface area contributed by atoms with Crippen LogP contribution in [0.2, 0.25) is 0 Å². The van der Waals surface area contributed by atoms with Gasteiger partial charge >= 0.3 is 0 Å². The van der Waals surface area contributed by atoms with Crippen LogP contribution in [0.25, 0.3) is 0 Å². The van der Waals surface area contributed by atoms with E-state index < -0.39 is 27.3 Å². The molecule has 1 unspecified atom stereocenters. The van der Waals surface area contributed by atoms with Gasteiger partial charge in [0.25, 0.3) is 10.1 Å². The Labute approximate surface area is 91.0 Å². The van der Waals surface area contributed by atoms with Crippen LogP contribution < -0.4 is 5.32 Å². The summed E-state index contributed by atoms with van der Waals surface area (Å²) in [5.41, 5.74) is -0.520. The second-order valence-electron chi connectivity index (χ2n) is 4.36. The first-order chi connectivity index (χ1) is 6.58. The molecular formula is C9H19NO4S. The van der Waals surface area contributed by atoms with Gasteiger partial charge in [-0.3, -0.25) is 9.35 Å². The van der Waals surface area contributed by atoms with Crippen LogP contribution in [0.3, 0.4) is 0 Å². The molecule has 1 amide bonds. The molecule has 0 saturated carbocycles. The van der Waals surface area contributed by atoms with Gasteiger partial charge in [-0.1, -0.05) is 20.8 Å². The molecule has 0 bridgehead atoms. The van der Waals surface area contributed by atoms with E-state index in [0.29, 0.717) is 6.42 Å². The normalized spacial score (nSPS) is 14.7. The second kappa shape index (κ2) is 4.94. The Hall–Kier alpha value is -0.620. The van der Waals surface area contributed by atoms with Crippen molar-refractivity contribution >= 4 is 16.0 Å². The van der Waals surface area contributed by atoms with Crippen LogP contribution in [0.1, 0.15) is 34.1 Å². The fraction of sp³-hybridized carbons (Fsp3) is 0.889. The minimum Gasteiger partial charge on any atom is -0.352 e. The van der Waals surface area contributed by atoms with Gasteiger partial charge in [0.15, 0.2) is 0 Å². The zero-order valence-electron chi connectivity index (χ0n) is 9.57. The van der Waals surface area contributed by atoms with Gasteiger partial charge in [0.05, 0.1) is 5.75 Å². The zero-order chi connectivity index (χ0) is 12.3. The van der Waals surface area contributed by atoms with E-state index in [4.69, 9.17) is 4.55 Å². The van der Waals surface area contributed by atoms with Crippen LogP contribution in [0.5, 0.6) is 0 Å². The van der Waals surface area contributed by atoms with Crippen molar-refractivity contribution in [2.45, 2.75) is 40.2 Å². The maximum absolute atomic E-state index is 11.6. The van der Waals surface area contributed by atoms with E-state index in [2.05, 4.69) is 5.32 Å². The summed E-state index contributed by atoms with van der Waals surface area (Å²) in [6.07, 6.45) is 0.664. The Morgan fingerprint density at radius 1 is 1.47 bits per heavy atom. The molecule has 0 aliphatic rings. The van der Waals surface area contributed by atoms with Crippen LogP contribution in [0.4, 0.5) is 0 Å². The second-order valence-corrected chi connectivity index (χ2v) is 5.86. The maximum Gasteiger partial charge on any atom is 0.266 e. The molecule has 0 saturated heterocycles. The zero-order valence-corrected chi connectivity index (χ0v) is 10.4. The summed E-state index contributed by atoms with van der Waals surface area (Å²) in [5.74, 6) is -0.667. The minimum atomic E-state index is -4.04. The van der Waals surface area contributed by atoms with Gasteiger partial charge in [-0.15, -0.1) is 0 Å². The molecule has 0 radical (unpaired) electrons. The van der Waals surface area contributed by atoms with Crippen LogP contribution in [0.15, 0.2) is 0 Å². The van der Waals surface area contributed by atoms with E-state index in [1.54, 1.807) is 13.8 Å². The third-order valence-electron chi connectivity index (χ3n) is 2.34. The summed E-state index contributed by atoms with van der Waals surface area (Å²) >= 11 is 0. The lowest BCUT2D eigenvalue weighted by atomic mass is 9.89. The van der Waals surface area contributed by atoms with Crippen molar-refractivity contribution in [1.29, 1.82) is 0 Å². The molecule has 0 heterocycles. The maximum atomic E-state index is 11.6. The van der Waals surface area contributed by atoms with Gasteiger partial charge < -0.3 is 5.32 Å². The molecule has 0 aliphatic carbocycles. The Balaban J connectivity index is 4.32. The Kier molecular flexibility index (Phi) is 4.73. The smallest absolute Gasteiger partial charge is 0.266 e. The van der Waals surface area contributed by atoms with Gasteiger partial charge in [-0.05, 0) is 13.3 Å². The van der Waals surface area contributed by atoms with Gasteiger partial charge in [0.2, 0.25) is 5.91 Å². The lowest BCUT2D eigenvalue weighted by Crippen LogP contribution is -2.44. The van der Waals surface area contributed by atoms with Crippen molar-refractivity contribution in [2.75, 3.05) is 5.75 Å². The van der Waals surface area contributed by atoms with Gasteiger partial charge in [0.1, 0.15) is 0 Å². The van der Waals surface area contributed by atoms with E-state index in [-0.39, 0.29) is 5.91 Å². The summed E-state index contributed by atoms with van der Waals surface area (Å²) in [4.78, 5) is 11.6. The molecule has 1 atom stereocenters. The topological polar surface area (TPSA) is 83.5 Å². The van der Waals surface area contributed by atoms with E-state index in [0.717, 1.165) is 0 Å². The molecular weight excluding hydrogens is 218 g/mol. The first-order valence-electron chi connectivity index (χ1n) is 4.84. The van der Waals surface area contributed by atoms with Crippen molar-refractivity contribution in [3.63, 3.8) is 0 Å². The number of nitrogens with one attached hydrogen (secondary N) is 1. The SMILES string of the molecule is CCC(C)(C)C(=O)NC(C)CS(=O)(=O)O. The third-order valence-corrected chi connectivity index (χ3v) is 3.26. The average Bonchev–Trinajstić information content (AvgIpc) is 2.00. The van der Waals surface area contributed by atoms with Crippen molar-refractivity contribution < 1.29 is 17.8 Å². The monoisotopic (exact) mass is 237 g/mol. The van der Waals surface area contributed by atoms with Crippen molar-refractivity contribution in [2.24, 2.45) is 5.41 Å². The molecule has 0 aromatic carbocycles. The molecule has 2 N–H and O–H groups in total. The number of carbonyl (C=O) groups excluding carboxylic acids is 1. The van der Waals surface area contributed by atoms with Gasteiger partial charge in [0, 0.05) is 11.5 Å². The average molecular weight is 237 g/mol. The lowest BCUT2D eigenvalue weighted by Gasteiger charge is -2.24. The van der Waals surface area contributed by atoms with E-state index >= 15 is 0 Å². The lowest BCUT2D eigenvalue weighted by molar-refractivity contribution is -0.129. The first kappa shape index (κ1) is 14.4. The van der Waals surface area contributed by atoms with Crippen LogP contribution in [0, 0.1) is 5.41 Å². The molecule has 0 fully saturated rings. The summed E-state index contributed by atoms with van der Waals surface area (Å²) in [6.45, 7) is 6.98. The molecule has 5 nitrogen and oxygen atoms in total. The van der Waals surface area contributed by atoms with Gasteiger partial charge in [-0.25, -0.2) is 0 Å². The first-order valence-corrected chi connectivity index (χ1v) is 6.45. The van der Waals surface area contributed by atoms with Gasteiger partial charge in [-0.2, -0.15) is 8.42 Å². The van der Waals surface area contributed by atoms with Crippen molar-refractivity contribution in [3.8, 4) is 0 Å². The highest BCUT2D eigenvalue weighted by Gasteiger charge is 2.27. The predicted molar refractivity (Wildman–Crippen MR) is 58.1 cm³/mol. The van der Waals surface area contributed by atoms with Crippen molar-refractivity contribution in [3.05, 3.63) is 0 Å². The number of hydrogen-bond donors (Lipinski definition) is 2. The summed E-state index contributed by atoms with van der Waals surface area (Å²) in [5, 5.41) is 2.55. The predicted octanol–water partition coefficient (Wildman–Crippen LogP) is 0.815. The fourth-order valence-electron chi connectivity index (χ4n) is 0.937. The Morgan fingerprint density at radius 2 is 1.93 bits per heavy atom. The molecule has 90 valence electrons. The molecule has 0 spiro atoms. The third kappa shape index (κ3) is 5.74. The summed E-state index contributed by atoms with van der Waals surface area (Å²) in [6, 6.07) is -0.585. The molecule has 0 aliphatic heterocycles. The highest BCUT2D eigenvalue weighted by molar-refractivity contribution is 7.85. The molecule has 0 rings (SSSR count). The van der Waals surface area contributed by atoms with E-state index in [1.165, 1.54) is 6.92 Å². The highest BCUT2D eigenvalue weighted by atomic mass is 32.2. The van der Waals surface area contributed by atoms with Crippen LogP contribution in [-0.2, 0) is 14.9 Å². The highest BCUT2D eigenvalue weighted by Crippen LogP contribution is 2.19.